The van der Waals surface area contributed by atoms with Crippen LogP contribution >= 0.6 is 0 Å². The molecule has 0 unspecified atom stereocenters. The normalized spacial score (nSPS) is 10.4. The largest absolute Gasteiger partial charge is 0.803 e. The summed E-state index contributed by atoms with van der Waals surface area (Å²) < 4.78 is 9.27. The molecule has 2 rings (SSSR count). The van der Waals surface area contributed by atoms with Crippen molar-refractivity contribution < 1.29 is 19.0 Å². The zero-order valence-corrected chi connectivity index (χ0v) is 10.1. The molecule has 0 spiro atoms. The molecule has 0 aliphatic carbocycles. The fourth-order valence-corrected chi connectivity index (χ4v) is 1.64. The number of carbonyl (C=O) groups is 1. The molecule has 0 saturated heterocycles. The average Bonchev–Trinajstić information content (AvgIpc) is 2.44. The number of rotatable bonds is 2. The molecule has 1 heterocycles. The number of carbonyl (C=O) groups excluding carboxylic acids is 1. The highest BCUT2D eigenvalue weighted by Crippen LogP contribution is 2.17. The van der Waals surface area contributed by atoms with E-state index in [4.69, 9.17) is 4.74 Å². The van der Waals surface area contributed by atoms with Crippen LogP contribution in [0.2, 0.25) is 0 Å². The third-order valence-electron chi connectivity index (χ3n) is 2.59. The van der Waals surface area contributed by atoms with Crippen molar-refractivity contribution in [2.24, 2.45) is 0 Å². The van der Waals surface area contributed by atoms with Crippen molar-refractivity contribution in [3.05, 3.63) is 44.7 Å². The van der Waals surface area contributed by atoms with Crippen LogP contribution in [0.3, 0.4) is 0 Å². The quantitative estimate of drug-likeness (QED) is 0.422. The maximum absolute atomic E-state index is 12.0. The lowest BCUT2D eigenvalue weighted by atomic mass is 10.2. The van der Waals surface area contributed by atoms with E-state index in [0.717, 1.165) is 7.11 Å². The lowest BCUT2D eigenvalue weighted by Gasteiger charge is -2.15. The Morgan fingerprint density at radius 1 is 1.37 bits per heavy atom. The Morgan fingerprint density at radius 2 is 2.05 bits per heavy atom. The summed E-state index contributed by atoms with van der Waals surface area (Å²) in [4.78, 5) is 23.0. The van der Waals surface area contributed by atoms with E-state index in [9.17, 15) is 20.0 Å². The maximum atomic E-state index is 12.0. The van der Waals surface area contributed by atoms with E-state index < -0.39 is 17.2 Å². The molecular weight excluding hydrogens is 256 g/mol. The maximum Gasteiger partial charge on any atom is 0.410 e. The van der Waals surface area contributed by atoms with Gasteiger partial charge in [0.15, 0.2) is 0 Å². The molecule has 0 amide bonds. The third kappa shape index (κ3) is 1.82. The minimum Gasteiger partial charge on any atom is -0.803 e. The summed E-state index contributed by atoms with van der Waals surface area (Å²) in [7, 11) is 2.39. The Hall–Kier alpha value is -2.77. The standard InChI is InChI=1S/C11H9N2O6/c1-18-6-3-4-7-8(5-6)12(16)9(11(15)19-2)10(14)13(7)17/h3-5H,1-2H3/q-1. The predicted octanol–water partition coefficient (Wildman–Crippen LogP) is -0.224. The van der Waals surface area contributed by atoms with E-state index >= 15 is 0 Å². The van der Waals surface area contributed by atoms with Crippen LogP contribution in [-0.4, -0.2) is 24.9 Å². The molecule has 8 nitrogen and oxygen atoms in total. The molecule has 100 valence electrons. The second-order valence-electron chi connectivity index (χ2n) is 3.59. The Bertz CT molecular complexity index is 721. The van der Waals surface area contributed by atoms with Gasteiger partial charge in [0.2, 0.25) is 5.52 Å². The number of esters is 1. The van der Waals surface area contributed by atoms with E-state index in [-0.39, 0.29) is 20.5 Å². The molecule has 2 aromatic rings. The van der Waals surface area contributed by atoms with Gasteiger partial charge in [-0.05, 0) is 12.1 Å². The van der Waals surface area contributed by atoms with Crippen molar-refractivity contribution >= 4 is 17.0 Å². The highest BCUT2D eigenvalue weighted by Gasteiger charge is 2.26. The highest BCUT2D eigenvalue weighted by molar-refractivity contribution is 5.87. The van der Waals surface area contributed by atoms with Crippen molar-refractivity contribution in [2.75, 3.05) is 14.2 Å². The summed E-state index contributed by atoms with van der Waals surface area (Å²) >= 11 is 0. The SMILES string of the molecule is COC(=O)c1c(=O)n([O-])c2ccc(OC)cc2[n+]1[O-]. The van der Waals surface area contributed by atoms with Crippen molar-refractivity contribution in [1.82, 2.24) is 4.73 Å². The van der Waals surface area contributed by atoms with Gasteiger partial charge in [-0.2, -0.15) is 4.73 Å². The van der Waals surface area contributed by atoms with Gasteiger partial charge in [-0.1, -0.05) is 0 Å². The number of aromatic nitrogens is 2. The smallest absolute Gasteiger partial charge is 0.410 e. The predicted molar refractivity (Wildman–Crippen MR) is 63.8 cm³/mol. The Labute approximate surface area is 106 Å². The number of hydrogen-bond acceptors (Lipinski definition) is 6. The van der Waals surface area contributed by atoms with Gasteiger partial charge >= 0.3 is 17.2 Å². The molecule has 0 aliphatic heterocycles. The first-order valence-electron chi connectivity index (χ1n) is 5.13. The minimum absolute atomic E-state index is 0.0323. The number of ether oxygens (including phenoxy) is 2. The van der Waals surface area contributed by atoms with Crippen LogP contribution in [0, 0.1) is 10.4 Å². The molecule has 0 bridgehead atoms. The van der Waals surface area contributed by atoms with Crippen LogP contribution in [0.25, 0.3) is 11.0 Å². The molecule has 0 radical (unpaired) electrons. The molecule has 0 aliphatic rings. The van der Waals surface area contributed by atoms with Crippen molar-refractivity contribution in [3.8, 4) is 5.75 Å². The summed E-state index contributed by atoms with van der Waals surface area (Å²) in [5.74, 6) is -0.860. The first-order chi connectivity index (χ1) is 9.01. The van der Waals surface area contributed by atoms with Crippen LogP contribution in [0.15, 0.2) is 23.0 Å². The highest BCUT2D eigenvalue weighted by atomic mass is 16.5. The molecule has 8 heteroatoms. The fourth-order valence-electron chi connectivity index (χ4n) is 1.64. The molecule has 19 heavy (non-hydrogen) atoms. The Kier molecular flexibility index (Phi) is 2.99. The first kappa shape index (κ1) is 12.7. The van der Waals surface area contributed by atoms with Gasteiger partial charge in [0.1, 0.15) is 11.3 Å². The molecule has 1 aromatic carbocycles. The summed E-state index contributed by atoms with van der Waals surface area (Å²) in [6.07, 6.45) is 0. The second-order valence-corrected chi connectivity index (χ2v) is 3.59. The molecule has 0 atom stereocenters. The monoisotopic (exact) mass is 265 g/mol. The summed E-state index contributed by atoms with van der Waals surface area (Å²) in [5.41, 5.74) is -2.47. The molecule has 0 fully saturated rings. The van der Waals surface area contributed by atoms with Crippen LogP contribution in [0.1, 0.15) is 10.5 Å². The van der Waals surface area contributed by atoms with E-state index in [1.165, 1.54) is 25.3 Å². The van der Waals surface area contributed by atoms with E-state index in [1.54, 1.807) is 0 Å². The van der Waals surface area contributed by atoms with Gasteiger partial charge in [0, 0.05) is 0 Å². The number of fused-ring (bicyclic) bond motifs is 1. The molecular formula is C11H9N2O6-. The van der Waals surface area contributed by atoms with Gasteiger partial charge in [0.05, 0.1) is 20.3 Å². The third-order valence-corrected chi connectivity index (χ3v) is 2.59. The lowest BCUT2D eigenvalue weighted by Crippen LogP contribution is -2.45. The molecule has 0 saturated carbocycles. The fraction of sp³-hybridized carbons (Fsp3) is 0.182. The van der Waals surface area contributed by atoms with Gasteiger partial charge in [0.25, 0.3) is 0 Å². The lowest BCUT2D eigenvalue weighted by molar-refractivity contribution is -0.581. The topological polar surface area (TPSA) is 108 Å². The van der Waals surface area contributed by atoms with Crippen LogP contribution in [0.4, 0.5) is 0 Å². The van der Waals surface area contributed by atoms with Crippen molar-refractivity contribution in [2.45, 2.75) is 0 Å². The van der Waals surface area contributed by atoms with Crippen LogP contribution < -0.4 is 15.0 Å². The first-order valence-corrected chi connectivity index (χ1v) is 5.13. The number of hydrogen-bond donors (Lipinski definition) is 0. The van der Waals surface area contributed by atoms with Crippen LogP contribution in [0.5, 0.6) is 5.75 Å². The Balaban J connectivity index is 2.93. The molecule has 0 N–H and O–H groups in total. The number of methoxy groups -OCH3 is 2. The van der Waals surface area contributed by atoms with Gasteiger partial charge in [-0.15, -0.1) is 0 Å². The summed E-state index contributed by atoms with van der Waals surface area (Å²) in [5, 5.41) is 23.7. The van der Waals surface area contributed by atoms with Gasteiger partial charge in [-0.25, -0.2) is 4.79 Å². The summed E-state index contributed by atoms with van der Waals surface area (Å²) in [6, 6.07) is 3.94. The average molecular weight is 265 g/mol. The van der Waals surface area contributed by atoms with E-state index in [0.29, 0.717) is 5.75 Å². The van der Waals surface area contributed by atoms with Crippen molar-refractivity contribution in [3.63, 3.8) is 0 Å². The minimum atomic E-state index is -1.26. The summed E-state index contributed by atoms with van der Waals surface area (Å²) in [6.45, 7) is 0. The van der Waals surface area contributed by atoms with Gasteiger partial charge < -0.3 is 24.6 Å². The number of nitrogens with zero attached hydrogens (tertiary/aromatic N) is 2. The van der Waals surface area contributed by atoms with Gasteiger partial charge in [-0.3, -0.25) is 4.79 Å². The zero-order chi connectivity index (χ0) is 14.2. The van der Waals surface area contributed by atoms with E-state index in [1.807, 2.05) is 0 Å². The molecule has 1 aromatic heterocycles. The number of benzene rings is 1. The second kappa shape index (κ2) is 4.48. The van der Waals surface area contributed by atoms with Crippen molar-refractivity contribution in [1.29, 1.82) is 0 Å². The van der Waals surface area contributed by atoms with E-state index in [2.05, 4.69) is 4.74 Å². The van der Waals surface area contributed by atoms with Crippen LogP contribution in [-0.2, 0) is 4.74 Å². The Morgan fingerprint density at radius 3 is 2.63 bits per heavy atom. The zero-order valence-electron chi connectivity index (χ0n) is 10.1.